The van der Waals surface area contributed by atoms with E-state index in [0.29, 0.717) is 10.0 Å². The highest BCUT2D eigenvalue weighted by atomic mass is 79.9. The molecule has 0 radical (unpaired) electrons. The van der Waals surface area contributed by atoms with Crippen LogP contribution >= 0.6 is 15.9 Å². The molecule has 1 aromatic rings. The Balaban J connectivity index is 2.34. The van der Waals surface area contributed by atoms with Crippen LogP contribution in [0.1, 0.15) is 30.1 Å². The average molecular weight is 301 g/mol. The molecule has 1 aliphatic rings. The number of carbonyl (C=O) groups is 1. The van der Waals surface area contributed by atoms with Crippen LogP contribution < -0.4 is 5.73 Å². The van der Waals surface area contributed by atoms with Crippen molar-refractivity contribution in [2.75, 3.05) is 12.3 Å². The van der Waals surface area contributed by atoms with Crippen LogP contribution in [0.3, 0.4) is 0 Å². The second-order valence-corrected chi connectivity index (χ2v) is 5.20. The van der Waals surface area contributed by atoms with Gasteiger partial charge >= 0.3 is 0 Å². The van der Waals surface area contributed by atoms with Gasteiger partial charge in [0, 0.05) is 17.1 Å². The van der Waals surface area contributed by atoms with E-state index in [1.807, 2.05) is 6.92 Å². The molecule has 0 bridgehead atoms. The summed E-state index contributed by atoms with van der Waals surface area (Å²) < 4.78 is 13.6. The summed E-state index contributed by atoms with van der Waals surface area (Å²) >= 11 is 3.21. The SMILES string of the molecule is CC1CCCN1C(=O)c1cc(N)c(F)cc1Br. The fraction of sp³-hybridized carbons (Fsp3) is 0.417. The molecule has 2 rings (SSSR count). The number of nitrogens with zero attached hydrogens (tertiary/aromatic N) is 1. The molecular formula is C12H14BrFN2O. The highest BCUT2D eigenvalue weighted by Gasteiger charge is 2.27. The van der Waals surface area contributed by atoms with E-state index in [1.54, 1.807) is 4.90 Å². The van der Waals surface area contributed by atoms with Crippen LogP contribution in [0.5, 0.6) is 0 Å². The van der Waals surface area contributed by atoms with E-state index >= 15 is 0 Å². The standard InChI is InChI=1S/C12H14BrFN2O/c1-7-3-2-4-16(7)12(17)8-5-11(15)10(14)6-9(8)13/h5-7H,2-4,15H2,1H3. The fourth-order valence-electron chi connectivity index (χ4n) is 2.12. The van der Waals surface area contributed by atoms with Crippen molar-refractivity contribution < 1.29 is 9.18 Å². The van der Waals surface area contributed by atoms with Crippen LogP contribution in [0.15, 0.2) is 16.6 Å². The van der Waals surface area contributed by atoms with Crippen molar-refractivity contribution >= 4 is 27.5 Å². The Morgan fingerprint density at radius 3 is 2.88 bits per heavy atom. The zero-order valence-electron chi connectivity index (χ0n) is 9.54. The summed E-state index contributed by atoms with van der Waals surface area (Å²) in [4.78, 5) is 14.1. The maximum atomic E-state index is 13.2. The van der Waals surface area contributed by atoms with Gasteiger partial charge in [-0.05, 0) is 47.8 Å². The Bertz CT molecular complexity index is 464. The first-order valence-corrected chi connectivity index (χ1v) is 6.35. The van der Waals surface area contributed by atoms with E-state index in [1.165, 1.54) is 12.1 Å². The summed E-state index contributed by atoms with van der Waals surface area (Å²) in [6.07, 6.45) is 2.03. The molecule has 17 heavy (non-hydrogen) atoms. The molecule has 1 amide bonds. The first-order valence-electron chi connectivity index (χ1n) is 5.56. The number of rotatable bonds is 1. The van der Waals surface area contributed by atoms with E-state index in [-0.39, 0.29) is 17.6 Å². The minimum Gasteiger partial charge on any atom is -0.396 e. The van der Waals surface area contributed by atoms with E-state index in [9.17, 15) is 9.18 Å². The predicted octanol–water partition coefficient (Wildman–Crippen LogP) is 2.79. The minimum atomic E-state index is -0.511. The lowest BCUT2D eigenvalue weighted by Crippen LogP contribution is -2.33. The van der Waals surface area contributed by atoms with Crippen LogP contribution in [-0.2, 0) is 0 Å². The van der Waals surface area contributed by atoms with Crippen LogP contribution in [0, 0.1) is 5.82 Å². The van der Waals surface area contributed by atoms with E-state index in [4.69, 9.17) is 5.73 Å². The maximum Gasteiger partial charge on any atom is 0.255 e. The number of benzene rings is 1. The molecule has 1 saturated heterocycles. The van der Waals surface area contributed by atoms with Gasteiger partial charge in [0.2, 0.25) is 0 Å². The van der Waals surface area contributed by atoms with Crippen molar-refractivity contribution in [3.8, 4) is 0 Å². The third kappa shape index (κ3) is 2.29. The summed E-state index contributed by atoms with van der Waals surface area (Å²) in [6.45, 7) is 2.77. The van der Waals surface area contributed by atoms with E-state index in [0.717, 1.165) is 19.4 Å². The zero-order valence-corrected chi connectivity index (χ0v) is 11.1. The van der Waals surface area contributed by atoms with E-state index in [2.05, 4.69) is 15.9 Å². The number of anilines is 1. The highest BCUT2D eigenvalue weighted by molar-refractivity contribution is 9.10. The molecular weight excluding hydrogens is 287 g/mol. The molecule has 0 aromatic heterocycles. The fourth-order valence-corrected chi connectivity index (χ4v) is 2.60. The van der Waals surface area contributed by atoms with Gasteiger partial charge in [0.05, 0.1) is 11.3 Å². The average Bonchev–Trinajstić information content (AvgIpc) is 2.69. The predicted molar refractivity (Wildman–Crippen MR) is 68.2 cm³/mol. The summed E-state index contributed by atoms with van der Waals surface area (Å²) in [6, 6.07) is 2.87. The van der Waals surface area contributed by atoms with Gasteiger partial charge in [0.15, 0.2) is 0 Å². The number of hydrogen-bond acceptors (Lipinski definition) is 2. The third-order valence-corrected chi connectivity index (χ3v) is 3.79. The molecule has 0 saturated carbocycles. The molecule has 1 heterocycles. The Hall–Kier alpha value is -1.10. The zero-order chi connectivity index (χ0) is 12.6. The molecule has 5 heteroatoms. The summed E-state index contributed by atoms with van der Waals surface area (Å²) in [7, 11) is 0. The molecule has 0 spiro atoms. The largest absolute Gasteiger partial charge is 0.396 e. The number of nitrogens with two attached hydrogens (primary N) is 1. The lowest BCUT2D eigenvalue weighted by molar-refractivity contribution is 0.0746. The lowest BCUT2D eigenvalue weighted by Gasteiger charge is -2.22. The van der Waals surface area contributed by atoms with Crippen molar-refractivity contribution in [1.29, 1.82) is 0 Å². The van der Waals surface area contributed by atoms with Gasteiger partial charge in [-0.2, -0.15) is 0 Å². The van der Waals surface area contributed by atoms with Gasteiger partial charge in [-0.3, -0.25) is 4.79 Å². The number of halogens is 2. The second-order valence-electron chi connectivity index (χ2n) is 4.34. The van der Waals surface area contributed by atoms with Crippen LogP contribution in [-0.4, -0.2) is 23.4 Å². The van der Waals surface area contributed by atoms with Crippen LogP contribution in [0.25, 0.3) is 0 Å². The van der Waals surface area contributed by atoms with Crippen molar-refractivity contribution in [3.63, 3.8) is 0 Å². The van der Waals surface area contributed by atoms with Crippen molar-refractivity contribution in [3.05, 3.63) is 28.0 Å². The van der Waals surface area contributed by atoms with Gasteiger partial charge < -0.3 is 10.6 Å². The molecule has 1 atom stereocenters. The maximum absolute atomic E-state index is 13.2. The van der Waals surface area contributed by atoms with Gasteiger partial charge in [0.25, 0.3) is 5.91 Å². The smallest absolute Gasteiger partial charge is 0.255 e. The summed E-state index contributed by atoms with van der Waals surface area (Å²) in [5.41, 5.74) is 5.93. The molecule has 2 N–H and O–H groups in total. The van der Waals surface area contributed by atoms with Crippen LogP contribution in [0.4, 0.5) is 10.1 Å². The quantitative estimate of drug-likeness (QED) is 0.811. The molecule has 1 aliphatic heterocycles. The normalized spacial score (nSPS) is 19.7. The Morgan fingerprint density at radius 1 is 1.59 bits per heavy atom. The number of carbonyl (C=O) groups excluding carboxylic acids is 1. The van der Waals surface area contributed by atoms with Gasteiger partial charge in [-0.15, -0.1) is 0 Å². The van der Waals surface area contributed by atoms with Crippen LogP contribution in [0.2, 0.25) is 0 Å². The van der Waals surface area contributed by atoms with Gasteiger partial charge in [-0.1, -0.05) is 0 Å². The molecule has 1 fully saturated rings. The third-order valence-electron chi connectivity index (χ3n) is 3.13. The molecule has 1 aromatic carbocycles. The minimum absolute atomic E-state index is 0.00315. The Labute approximate surface area is 108 Å². The number of hydrogen-bond donors (Lipinski definition) is 1. The number of amides is 1. The molecule has 3 nitrogen and oxygen atoms in total. The van der Waals surface area contributed by atoms with E-state index < -0.39 is 5.82 Å². The van der Waals surface area contributed by atoms with Crippen molar-refractivity contribution in [2.45, 2.75) is 25.8 Å². The number of likely N-dealkylation sites (tertiary alicyclic amines) is 1. The second kappa shape index (κ2) is 4.64. The van der Waals surface area contributed by atoms with Gasteiger partial charge in [-0.25, -0.2) is 4.39 Å². The monoisotopic (exact) mass is 300 g/mol. The molecule has 0 aliphatic carbocycles. The molecule has 92 valence electrons. The summed E-state index contributed by atoms with van der Waals surface area (Å²) in [5, 5.41) is 0. The number of nitrogen functional groups attached to an aromatic ring is 1. The Kier molecular flexibility index (Phi) is 3.38. The van der Waals surface area contributed by atoms with Crippen molar-refractivity contribution in [1.82, 2.24) is 4.90 Å². The lowest BCUT2D eigenvalue weighted by atomic mass is 10.1. The highest BCUT2D eigenvalue weighted by Crippen LogP contribution is 2.27. The Morgan fingerprint density at radius 2 is 2.29 bits per heavy atom. The summed E-state index contributed by atoms with van der Waals surface area (Å²) in [5.74, 6) is -0.600. The van der Waals surface area contributed by atoms with Crippen molar-refractivity contribution in [2.24, 2.45) is 0 Å². The topological polar surface area (TPSA) is 46.3 Å². The first kappa shape index (κ1) is 12.4. The molecule has 1 unspecified atom stereocenters. The first-order chi connectivity index (χ1) is 8.00. The van der Waals surface area contributed by atoms with Gasteiger partial charge in [0.1, 0.15) is 5.82 Å².